The van der Waals surface area contributed by atoms with E-state index in [4.69, 9.17) is 0 Å². The van der Waals surface area contributed by atoms with Crippen LogP contribution in [0.5, 0.6) is 0 Å². The second-order valence-electron chi connectivity index (χ2n) is 5.61. The Hall–Kier alpha value is -2.39. The van der Waals surface area contributed by atoms with Gasteiger partial charge in [-0.1, -0.05) is 16.0 Å². The number of anilines is 1. The minimum atomic E-state index is -4.19. The van der Waals surface area contributed by atoms with E-state index in [-0.39, 0.29) is 24.7 Å². The summed E-state index contributed by atoms with van der Waals surface area (Å²) in [4.78, 5) is 14.1. The van der Waals surface area contributed by atoms with E-state index in [9.17, 15) is 23.3 Å². The Balaban J connectivity index is 1.78. The first-order valence-corrected chi connectivity index (χ1v) is 7.17. The Morgan fingerprint density at radius 3 is 2.83 bits per heavy atom. The maximum atomic E-state index is 12.8. The SMILES string of the molecule is O=[N+]([O-])c1cnc2ccc(NC3CCCC(C(F)(F)F)C3)nn12. The summed E-state index contributed by atoms with van der Waals surface area (Å²) in [6.45, 7) is 0. The fraction of sp³-hybridized carbons (Fsp3) is 0.538. The van der Waals surface area contributed by atoms with Crippen molar-refractivity contribution >= 4 is 17.3 Å². The summed E-state index contributed by atoms with van der Waals surface area (Å²) in [5, 5.41) is 17.9. The zero-order valence-electron chi connectivity index (χ0n) is 12.0. The van der Waals surface area contributed by atoms with Gasteiger partial charge in [0.25, 0.3) is 0 Å². The lowest BCUT2D eigenvalue weighted by Crippen LogP contribution is -2.34. The Kier molecular flexibility index (Phi) is 3.82. The molecule has 2 unspecified atom stereocenters. The van der Waals surface area contributed by atoms with E-state index >= 15 is 0 Å². The molecule has 1 fully saturated rings. The standard InChI is InChI=1S/C13H14F3N5O2/c14-13(15,16)8-2-1-3-9(6-8)18-10-4-5-11-17-7-12(21(22)23)20(11)19-10/h4-5,7-9H,1-3,6H2,(H,18,19). The summed E-state index contributed by atoms with van der Waals surface area (Å²) >= 11 is 0. The van der Waals surface area contributed by atoms with Crippen LogP contribution in [0, 0.1) is 16.0 Å². The Bertz CT molecular complexity index is 730. The van der Waals surface area contributed by atoms with Crippen LogP contribution in [0.3, 0.4) is 0 Å². The van der Waals surface area contributed by atoms with Gasteiger partial charge in [0.1, 0.15) is 6.20 Å². The number of hydrogen-bond donors (Lipinski definition) is 1. The molecule has 1 N–H and O–H groups in total. The number of hydrogen-bond acceptors (Lipinski definition) is 5. The second-order valence-corrected chi connectivity index (χ2v) is 5.61. The summed E-state index contributed by atoms with van der Waals surface area (Å²) in [7, 11) is 0. The van der Waals surface area contributed by atoms with Crippen molar-refractivity contribution in [1.82, 2.24) is 14.6 Å². The van der Waals surface area contributed by atoms with Gasteiger partial charge in [-0.15, -0.1) is 0 Å². The van der Waals surface area contributed by atoms with Crippen LogP contribution in [0.4, 0.5) is 24.8 Å². The van der Waals surface area contributed by atoms with Crippen molar-refractivity contribution in [1.29, 1.82) is 0 Å². The van der Waals surface area contributed by atoms with E-state index in [1.807, 2.05) is 0 Å². The van der Waals surface area contributed by atoms with Crippen LogP contribution in [-0.2, 0) is 0 Å². The maximum Gasteiger partial charge on any atom is 0.391 e. The number of nitro groups is 1. The number of nitrogens with zero attached hydrogens (tertiary/aromatic N) is 4. The topological polar surface area (TPSA) is 85.4 Å². The average Bonchev–Trinajstić information content (AvgIpc) is 2.90. The van der Waals surface area contributed by atoms with Crippen molar-refractivity contribution in [3.05, 3.63) is 28.4 Å². The highest BCUT2D eigenvalue weighted by molar-refractivity contribution is 5.48. The molecule has 23 heavy (non-hydrogen) atoms. The third kappa shape index (κ3) is 3.20. The molecule has 0 spiro atoms. The molecule has 2 atom stereocenters. The van der Waals surface area contributed by atoms with Crippen LogP contribution in [0.25, 0.3) is 5.65 Å². The highest BCUT2D eigenvalue weighted by Crippen LogP contribution is 2.38. The maximum absolute atomic E-state index is 12.8. The molecule has 2 aromatic heterocycles. The number of fused-ring (bicyclic) bond motifs is 1. The molecule has 1 aliphatic rings. The van der Waals surface area contributed by atoms with Gasteiger partial charge in [-0.2, -0.15) is 13.2 Å². The molecule has 1 aliphatic carbocycles. The highest BCUT2D eigenvalue weighted by Gasteiger charge is 2.42. The van der Waals surface area contributed by atoms with Gasteiger partial charge in [-0.3, -0.25) is 0 Å². The minimum Gasteiger partial charge on any atom is -0.364 e. The molecule has 10 heteroatoms. The molecule has 1 saturated carbocycles. The molecule has 2 aromatic rings. The summed E-state index contributed by atoms with van der Waals surface area (Å²) < 4.78 is 39.6. The van der Waals surface area contributed by atoms with Crippen molar-refractivity contribution < 1.29 is 18.1 Å². The molecule has 7 nitrogen and oxygen atoms in total. The predicted molar refractivity (Wildman–Crippen MR) is 75.1 cm³/mol. The molecular formula is C13H14F3N5O2. The predicted octanol–water partition coefficient (Wildman–Crippen LogP) is 3.17. The van der Waals surface area contributed by atoms with Gasteiger partial charge in [-0.05, 0) is 30.3 Å². The number of aromatic nitrogens is 3. The van der Waals surface area contributed by atoms with Crippen LogP contribution >= 0.6 is 0 Å². The minimum absolute atomic E-state index is 0.0186. The van der Waals surface area contributed by atoms with Gasteiger partial charge in [0.05, 0.1) is 5.92 Å². The van der Waals surface area contributed by atoms with Gasteiger partial charge in [0, 0.05) is 12.1 Å². The Labute approximate surface area is 128 Å². The monoisotopic (exact) mass is 329 g/mol. The molecule has 3 rings (SSSR count). The van der Waals surface area contributed by atoms with E-state index in [2.05, 4.69) is 15.4 Å². The number of rotatable bonds is 3. The molecule has 0 bridgehead atoms. The number of imidazole rings is 1. The first-order valence-electron chi connectivity index (χ1n) is 7.17. The molecular weight excluding hydrogens is 315 g/mol. The number of nitrogens with one attached hydrogen (secondary N) is 1. The van der Waals surface area contributed by atoms with Crippen LogP contribution in [0.2, 0.25) is 0 Å². The quantitative estimate of drug-likeness (QED) is 0.690. The fourth-order valence-corrected chi connectivity index (χ4v) is 2.89. The lowest BCUT2D eigenvalue weighted by Gasteiger charge is -2.31. The van der Waals surface area contributed by atoms with Crippen LogP contribution < -0.4 is 5.32 Å². The average molecular weight is 329 g/mol. The van der Waals surface area contributed by atoms with Crippen LogP contribution in [-0.4, -0.2) is 31.7 Å². The first kappa shape index (κ1) is 15.5. The third-order valence-electron chi connectivity index (χ3n) is 4.02. The van der Waals surface area contributed by atoms with Crippen LogP contribution in [0.15, 0.2) is 18.3 Å². The Morgan fingerprint density at radius 2 is 2.13 bits per heavy atom. The lowest BCUT2D eigenvalue weighted by atomic mass is 9.85. The van der Waals surface area contributed by atoms with E-state index in [1.54, 1.807) is 6.07 Å². The van der Waals surface area contributed by atoms with E-state index in [0.717, 1.165) is 10.7 Å². The molecule has 0 aliphatic heterocycles. The van der Waals surface area contributed by atoms with Crippen molar-refractivity contribution in [3.63, 3.8) is 0 Å². The van der Waals surface area contributed by atoms with E-state index in [0.29, 0.717) is 24.3 Å². The van der Waals surface area contributed by atoms with E-state index < -0.39 is 17.0 Å². The lowest BCUT2D eigenvalue weighted by molar-refractivity contribution is -0.391. The number of halogens is 3. The van der Waals surface area contributed by atoms with Gasteiger partial charge < -0.3 is 15.4 Å². The summed E-state index contributed by atoms with van der Waals surface area (Å²) in [6, 6.07) is 2.73. The summed E-state index contributed by atoms with van der Waals surface area (Å²) in [5.41, 5.74) is 0.305. The van der Waals surface area contributed by atoms with E-state index in [1.165, 1.54) is 6.07 Å². The zero-order chi connectivity index (χ0) is 16.6. The molecule has 0 radical (unpaired) electrons. The third-order valence-corrected chi connectivity index (χ3v) is 4.02. The van der Waals surface area contributed by atoms with Gasteiger partial charge >= 0.3 is 12.0 Å². The second kappa shape index (κ2) is 5.67. The smallest absolute Gasteiger partial charge is 0.364 e. The summed E-state index contributed by atoms with van der Waals surface area (Å²) in [5.74, 6) is -1.31. The zero-order valence-corrected chi connectivity index (χ0v) is 12.0. The van der Waals surface area contributed by atoms with Gasteiger partial charge in [0.15, 0.2) is 5.82 Å². The van der Waals surface area contributed by atoms with Crippen molar-refractivity contribution in [2.45, 2.75) is 37.9 Å². The Morgan fingerprint density at radius 1 is 1.35 bits per heavy atom. The molecule has 0 amide bonds. The molecule has 124 valence electrons. The molecule has 2 heterocycles. The molecule has 0 saturated heterocycles. The largest absolute Gasteiger partial charge is 0.391 e. The normalized spacial score (nSPS) is 22.2. The van der Waals surface area contributed by atoms with Gasteiger partial charge in [-0.25, -0.2) is 4.98 Å². The molecule has 0 aromatic carbocycles. The first-order chi connectivity index (χ1) is 10.8. The fourth-order valence-electron chi connectivity index (χ4n) is 2.89. The van der Waals surface area contributed by atoms with Crippen LogP contribution in [0.1, 0.15) is 25.7 Å². The van der Waals surface area contributed by atoms with Crippen molar-refractivity contribution in [2.24, 2.45) is 5.92 Å². The van der Waals surface area contributed by atoms with Crippen molar-refractivity contribution in [2.75, 3.05) is 5.32 Å². The highest BCUT2D eigenvalue weighted by atomic mass is 19.4. The van der Waals surface area contributed by atoms with Gasteiger partial charge in [0.2, 0.25) is 5.65 Å². The summed E-state index contributed by atoms with van der Waals surface area (Å²) in [6.07, 6.45) is -1.89. The van der Waals surface area contributed by atoms with Crippen molar-refractivity contribution in [3.8, 4) is 0 Å². The number of alkyl halides is 3.